The molecule has 4 heteroatoms. The van der Waals surface area contributed by atoms with Crippen LogP contribution in [0.1, 0.15) is 17.4 Å². The van der Waals surface area contributed by atoms with Gasteiger partial charge in [-0.25, -0.2) is 4.98 Å². The van der Waals surface area contributed by atoms with E-state index in [0.717, 1.165) is 10.8 Å². The van der Waals surface area contributed by atoms with Gasteiger partial charge in [0.2, 0.25) is 0 Å². The molecule has 0 spiro atoms. The van der Waals surface area contributed by atoms with E-state index < -0.39 is 0 Å². The number of pyridine rings is 1. The van der Waals surface area contributed by atoms with E-state index in [1.54, 1.807) is 24.4 Å². The first-order valence-corrected chi connectivity index (χ1v) is 6.85. The van der Waals surface area contributed by atoms with E-state index in [0.29, 0.717) is 22.2 Å². The lowest BCUT2D eigenvalue weighted by molar-refractivity contribution is 0.101. The van der Waals surface area contributed by atoms with E-state index in [2.05, 4.69) is 4.98 Å². The molecule has 0 N–H and O–H groups in total. The zero-order valence-corrected chi connectivity index (χ0v) is 12.1. The Kier molecular flexibility index (Phi) is 3.59. The fourth-order valence-corrected chi connectivity index (χ4v) is 2.33. The third kappa shape index (κ3) is 2.73. The molecule has 0 aliphatic heterocycles. The number of aromatic nitrogens is 1. The van der Waals surface area contributed by atoms with E-state index in [-0.39, 0.29) is 5.78 Å². The van der Waals surface area contributed by atoms with Crippen LogP contribution < -0.4 is 4.74 Å². The van der Waals surface area contributed by atoms with Crippen molar-refractivity contribution in [1.82, 2.24) is 4.98 Å². The number of carbonyl (C=O) groups excluding carboxylic acids is 1. The first kappa shape index (κ1) is 13.6. The molecule has 0 saturated carbocycles. The summed E-state index contributed by atoms with van der Waals surface area (Å²) in [6.45, 7) is 1.48. The summed E-state index contributed by atoms with van der Waals surface area (Å²) in [6, 6.07) is 14.8. The average Bonchev–Trinajstić information content (AvgIpc) is 2.51. The van der Waals surface area contributed by atoms with Crippen LogP contribution in [0, 0.1) is 0 Å². The Morgan fingerprint density at radius 1 is 1.05 bits per heavy atom. The number of carbonyl (C=O) groups is 1. The van der Waals surface area contributed by atoms with E-state index in [1.807, 2.05) is 30.3 Å². The smallest absolute Gasteiger partial charge is 0.178 e. The van der Waals surface area contributed by atoms with E-state index in [1.165, 1.54) is 6.92 Å². The van der Waals surface area contributed by atoms with Gasteiger partial charge in [-0.2, -0.15) is 0 Å². The molecular weight excluding hydrogens is 286 g/mol. The molecule has 0 atom stereocenters. The standard InChI is InChI=1S/C17H12ClNO2/c1-11(20)16-8-6-12(10-19-16)21-17-9-7-15(18)13-4-2-3-5-14(13)17/h2-10H,1H3. The first-order valence-electron chi connectivity index (χ1n) is 6.47. The average molecular weight is 298 g/mol. The Labute approximate surface area is 127 Å². The maximum atomic E-state index is 11.2. The molecule has 0 amide bonds. The Hall–Kier alpha value is -2.39. The van der Waals surface area contributed by atoms with Gasteiger partial charge in [0.25, 0.3) is 0 Å². The van der Waals surface area contributed by atoms with Crippen LogP contribution in [0.3, 0.4) is 0 Å². The quantitative estimate of drug-likeness (QED) is 0.647. The second-order valence-corrected chi connectivity index (χ2v) is 5.04. The normalized spacial score (nSPS) is 10.6. The second kappa shape index (κ2) is 5.54. The molecule has 3 nitrogen and oxygen atoms in total. The highest BCUT2D eigenvalue weighted by atomic mass is 35.5. The van der Waals surface area contributed by atoms with Gasteiger partial charge >= 0.3 is 0 Å². The predicted octanol–water partition coefficient (Wildman–Crippen LogP) is 4.88. The summed E-state index contributed by atoms with van der Waals surface area (Å²) in [5.74, 6) is 1.21. The lowest BCUT2D eigenvalue weighted by atomic mass is 10.1. The molecule has 104 valence electrons. The summed E-state index contributed by atoms with van der Waals surface area (Å²) in [6.07, 6.45) is 1.54. The number of ether oxygens (including phenoxy) is 1. The Bertz CT molecular complexity index is 813. The summed E-state index contributed by atoms with van der Waals surface area (Å²) in [5, 5.41) is 2.55. The first-order chi connectivity index (χ1) is 10.1. The number of halogens is 1. The molecule has 0 aliphatic rings. The van der Waals surface area contributed by atoms with E-state index in [9.17, 15) is 4.79 Å². The van der Waals surface area contributed by atoms with Crippen molar-refractivity contribution in [1.29, 1.82) is 0 Å². The Morgan fingerprint density at radius 2 is 1.81 bits per heavy atom. The van der Waals surface area contributed by atoms with Crippen molar-refractivity contribution in [3.8, 4) is 11.5 Å². The van der Waals surface area contributed by atoms with Crippen molar-refractivity contribution in [2.24, 2.45) is 0 Å². The molecule has 0 fully saturated rings. The van der Waals surface area contributed by atoms with Crippen LogP contribution in [0.15, 0.2) is 54.7 Å². The molecule has 0 saturated heterocycles. The zero-order valence-electron chi connectivity index (χ0n) is 11.3. The van der Waals surface area contributed by atoms with Crippen LogP contribution in [-0.4, -0.2) is 10.8 Å². The van der Waals surface area contributed by atoms with Gasteiger partial charge in [0.05, 0.1) is 6.20 Å². The minimum atomic E-state index is -0.0708. The molecule has 2 aromatic carbocycles. The summed E-state index contributed by atoms with van der Waals surface area (Å²) in [5.41, 5.74) is 0.420. The summed E-state index contributed by atoms with van der Waals surface area (Å²) in [7, 11) is 0. The van der Waals surface area contributed by atoms with Crippen molar-refractivity contribution in [3.05, 3.63) is 65.4 Å². The lowest BCUT2D eigenvalue weighted by Crippen LogP contribution is -1.96. The third-order valence-corrected chi connectivity index (χ3v) is 3.49. The highest BCUT2D eigenvalue weighted by molar-refractivity contribution is 6.35. The topological polar surface area (TPSA) is 39.2 Å². The van der Waals surface area contributed by atoms with Gasteiger partial charge in [-0.05, 0) is 24.3 Å². The Morgan fingerprint density at radius 3 is 2.48 bits per heavy atom. The van der Waals surface area contributed by atoms with Crippen LogP contribution in [-0.2, 0) is 0 Å². The molecular formula is C17H12ClNO2. The van der Waals surface area contributed by atoms with Crippen LogP contribution >= 0.6 is 11.6 Å². The summed E-state index contributed by atoms with van der Waals surface area (Å²) < 4.78 is 5.85. The van der Waals surface area contributed by atoms with Crippen LogP contribution in [0.25, 0.3) is 10.8 Å². The molecule has 3 aromatic rings. The third-order valence-electron chi connectivity index (χ3n) is 3.16. The van der Waals surface area contributed by atoms with Crippen molar-refractivity contribution < 1.29 is 9.53 Å². The molecule has 1 heterocycles. The fourth-order valence-electron chi connectivity index (χ4n) is 2.10. The van der Waals surface area contributed by atoms with Gasteiger partial charge < -0.3 is 4.74 Å². The maximum absolute atomic E-state index is 11.2. The van der Waals surface area contributed by atoms with Gasteiger partial charge in [-0.15, -0.1) is 0 Å². The molecule has 0 unspecified atom stereocenters. The SMILES string of the molecule is CC(=O)c1ccc(Oc2ccc(Cl)c3ccccc23)cn1. The second-order valence-electron chi connectivity index (χ2n) is 4.63. The molecule has 0 aliphatic carbocycles. The number of ketones is 1. The Balaban J connectivity index is 1.98. The molecule has 1 aromatic heterocycles. The lowest BCUT2D eigenvalue weighted by Gasteiger charge is -2.10. The van der Waals surface area contributed by atoms with E-state index in [4.69, 9.17) is 16.3 Å². The number of nitrogens with zero attached hydrogens (tertiary/aromatic N) is 1. The highest BCUT2D eigenvalue weighted by Crippen LogP contribution is 2.33. The molecule has 3 rings (SSSR count). The number of hydrogen-bond acceptors (Lipinski definition) is 3. The number of Topliss-reactive ketones (excluding diaryl/α,β-unsaturated/α-hetero) is 1. The summed E-state index contributed by atoms with van der Waals surface area (Å²) >= 11 is 6.18. The van der Waals surface area contributed by atoms with Crippen LogP contribution in [0.2, 0.25) is 5.02 Å². The predicted molar refractivity (Wildman–Crippen MR) is 83.3 cm³/mol. The van der Waals surface area contributed by atoms with Gasteiger partial charge in [0.15, 0.2) is 5.78 Å². The van der Waals surface area contributed by atoms with Gasteiger partial charge in [0, 0.05) is 22.7 Å². The van der Waals surface area contributed by atoms with Crippen LogP contribution in [0.5, 0.6) is 11.5 Å². The van der Waals surface area contributed by atoms with Gasteiger partial charge in [-0.1, -0.05) is 35.9 Å². The summed E-state index contributed by atoms with van der Waals surface area (Å²) in [4.78, 5) is 15.3. The molecule has 21 heavy (non-hydrogen) atoms. The van der Waals surface area contributed by atoms with Gasteiger partial charge in [0.1, 0.15) is 17.2 Å². The minimum absolute atomic E-state index is 0.0708. The maximum Gasteiger partial charge on any atom is 0.178 e. The number of hydrogen-bond donors (Lipinski definition) is 0. The van der Waals surface area contributed by atoms with Crippen molar-refractivity contribution in [2.45, 2.75) is 6.92 Å². The molecule has 0 bridgehead atoms. The fraction of sp³-hybridized carbons (Fsp3) is 0.0588. The molecule has 0 radical (unpaired) electrons. The van der Waals surface area contributed by atoms with Crippen LogP contribution in [0.4, 0.5) is 0 Å². The van der Waals surface area contributed by atoms with E-state index >= 15 is 0 Å². The number of rotatable bonds is 3. The van der Waals surface area contributed by atoms with Crippen molar-refractivity contribution in [2.75, 3.05) is 0 Å². The highest BCUT2D eigenvalue weighted by Gasteiger charge is 2.07. The minimum Gasteiger partial charge on any atom is -0.455 e. The number of fused-ring (bicyclic) bond motifs is 1. The largest absolute Gasteiger partial charge is 0.455 e. The van der Waals surface area contributed by atoms with Crippen molar-refractivity contribution >= 4 is 28.2 Å². The zero-order chi connectivity index (χ0) is 14.8. The monoisotopic (exact) mass is 297 g/mol. The van der Waals surface area contributed by atoms with Crippen molar-refractivity contribution in [3.63, 3.8) is 0 Å². The van der Waals surface area contributed by atoms with Gasteiger partial charge in [-0.3, -0.25) is 4.79 Å². The number of benzene rings is 2.